The zero-order chi connectivity index (χ0) is 14.7. The highest BCUT2D eigenvalue weighted by Gasteiger charge is 2.64. The first-order valence-electron chi connectivity index (χ1n) is 7.41. The van der Waals surface area contributed by atoms with E-state index in [1.54, 1.807) is 0 Å². The summed E-state index contributed by atoms with van der Waals surface area (Å²) in [5.41, 5.74) is -0.563. The Hall–Kier alpha value is -1.39. The Bertz CT molecular complexity index is 482. The second-order valence-electron chi connectivity index (χ2n) is 6.98. The van der Waals surface area contributed by atoms with Crippen molar-refractivity contribution in [3.63, 3.8) is 0 Å². The normalized spacial score (nSPS) is 38.0. The molecule has 0 aromatic carbocycles. The summed E-state index contributed by atoms with van der Waals surface area (Å²) in [6.45, 7) is 5.55. The molecule has 1 aliphatic heterocycles. The van der Waals surface area contributed by atoms with Crippen LogP contribution in [0.5, 0.6) is 0 Å². The predicted molar refractivity (Wildman–Crippen MR) is 70.3 cm³/mol. The Kier molecular flexibility index (Phi) is 2.92. The van der Waals surface area contributed by atoms with Crippen LogP contribution in [-0.2, 0) is 19.1 Å². The first-order valence-corrected chi connectivity index (χ1v) is 7.41. The fraction of sp³-hybridized carbons (Fsp3) is 0.800. The molecular weight excluding hydrogens is 258 g/mol. The summed E-state index contributed by atoms with van der Waals surface area (Å²) in [4.78, 5) is 36.4. The zero-order valence-electron chi connectivity index (χ0n) is 12.1. The van der Waals surface area contributed by atoms with E-state index in [4.69, 9.17) is 4.74 Å². The maximum absolute atomic E-state index is 12.4. The molecular formula is C15H21NO4. The molecule has 2 amide bonds. The lowest BCUT2D eigenvalue weighted by molar-refractivity contribution is -0.147. The van der Waals surface area contributed by atoms with Crippen molar-refractivity contribution < 1.29 is 19.1 Å². The van der Waals surface area contributed by atoms with Gasteiger partial charge in [0.1, 0.15) is 6.10 Å². The minimum Gasteiger partial charge on any atom is -0.462 e. The average Bonchev–Trinajstić information content (AvgIpc) is 2.99. The highest BCUT2D eigenvalue weighted by Crippen LogP contribution is 2.57. The number of carbonyl (C=O) groups excluding carboxylic acids is 3. The lowest BCUT2D eigenvalue weighted by Gasteiger charge is -2.26. The number of ether oxygens (including phenoxy) is 1. The van der Waals surface area contributed by atoms with Gasteiger partial charge in [-0.2, -0.15) is 0 Å². The van der Waals surface area contributed by atoms with Crippen molar-refractivity contribution in [2.75, 3.05) is 0 Å². The predicted octanol–water partition coefficient (Wildman–Crippen LogP) is 1.26. The van der Waals surface area contributed by atoms with Crippen molar-refractivity contribution in [2.45, 2.75) is 46.1 Å². The molecule has 5 heteroatoms. The van der Waals surface area contributed by atoms with Gasteiger partial charge in [0.25, 0.3) is 0 Å². The van der Waals surface area contributed by atoms with Gasteiger partial charge in [0.15, 0.2) is 0 Å². The molecule has 5 atom stereocenters. The van der Waals surface area contributed by atoms with Gasteiger partial charge in [-0.15, -0.1) is 0 Å². The third-order valence-corrected chi connectivity index (χ3v) is 5.52. The first kappa shape index (κ1) is 13.6. The summed E-state index contributed by atoms with van der Waals surface area (Å²) in [7, 11) is 0. The van der Waals surface area contributed by atoms with Gasteiger partial charge < -0.3 is 4.74 Å². The zero-order valence-corrected chi connectivity index (χ0v) is 12.1. The minimum absolute atomic E-state index is 0.0179. The molecule has 1 N–H and O–H groups in total. The molecule has 0 radical (unpaired) electrons. The lowest BCUT2D eigenvalue weighted by atomic mass is 9.79. The van der Waals surface area contributed by atoms with Gasteiger partial charge in [-0.25, -0.2) is 0 Å². The van der Waals surface area contributed by atoms with E-state index < -0.39 is 5.41 Å². The Morgan fingerprint density at radius 2 is 2.05 bits per heavy atom. The molecule has 3 rings (SSSR count). The molecule has 0 spiro atoms. The maximum atomic E-state index is 12.4. The highest BCUT2D eigenvalue weighted by molar-refractivity contribution is 6.00. The number of esters is 1. The average molecular weight is 279 g/mol. The number of rotatable bonds is 3. The van der Waals surface area contributed by atoms with Gasteiger partial charge in [-0.1, -0.05) is 20.8 Å². The van der Waals surface area contributed by atoms with Gasteiger partial charge in [-0.3, -0.25) is 19.7 Å². The van der Waals surface area contributed by atoms with Gasteiger partial charge in [0.2, 0.25) is 11.8 Å². The van der Waals surface area contributed by atoms with Gasteiger partial charge in [0.05, 0.1) is 11.8 Å². The minimum atomic E-state index is -0.563. The molecule has 2 saturated carbocycles. The van der Waals surface area contributed by atoms with E-state index in [9.17, 15) is 14.4 Å². The van der Waals surface area contributed by atoms with Gasteiger partial charge >= 0.3 is 5.97 Å². The van der Waals surface area contributed by atoms with Gasteiger partial charge in [0, 0.05) is 11.3 Å². The van der Waals surface area contributed by atoms with Crippen LogP contribution in [0.2, 0.25) is 0 Å². The van der Waals surface area contributed by atoms with Crippen molar-refractivity contribution in [3.8, 4) is 0 Å². The van der Waals surface area contributed by atoms with Crippen molar-refractivity contribution in [1.82, 2.24) is 5.32 Å². The molecule has 0 aromatic rings. The Morgan fingerprint density at radius 3 is 2.70 bits per heavy atom. The third-order valence-electron chi connectivity index (χ3n) is 5.52. The number of carbonyl (C=O) groups is 3. The van der Waals surface area contributed by atoms with Crippen LogP contribution in [0.1, 0.15) is 40.0 Å². The van der Waals surface area contributed by atoms with E-state index in [0.29, 0.717) is 6.42 Å². The number of hydrogen-bond donors (Lipinski definition) is 1. The van der Waals surface area contributed by atoms with Crippen LogP contribution in [0.4, 0.5) is 0 Å². The largest absolute Gasteiger partial charge is 0.462 e. The van der Waals surface area contributed by atoms with Crippen molar-refractivity contribution >= 4 is 17.8 Å². The van der Waals surface area contributed by atoms with Crippen molar-refractivity contribution in [1.29, 1.82) is 0 Å². The summed E-state index contributed by atoms with van der Waals surface area (Å²) in [5, 5.41) is 2.52. The molecule has 110 valence electrons. The van der Waals surface area contributed by atoms with Gasteiger partial charge in [-0.05, 0) is 25.2 Å². The standard InChI is InChI=1S/C15H21NO4/c1-4-15(2,3)14(19)16-12(17)10-7-5-8-9(6-7)20-13(18)11(8)10/h7-11H,4-6H2,1-3H3,(H,16,17,19). The third kappa shape index (κ3) is 1.79. The van der Waals surface area contributed by atoms with Crippen LogP contribution in [0.25, 0.3) is 0 Å². The van der Waals surface area contributed by atoms with E-state index in [2.05, 4.69) is 5.32 Å². The van der Waals surface area contributed by atoms with E-state index in [0.717, 1.165) is 12.8 Å². The molecule has 20 heavy (non-hydrogen) atoms. The smallest absolute Gasteiger partial charge is 0.310 e. The van der Waals surface area contributed by atoms with Crippen LogP contribution < -0.4 is 5.32 Å². The van der Waals surface area contributed by atoms with E-state index in [1.165, 1.54) is 0 Å². The molecule has 0 aromatic heterocycles. The monoisotopic (exact) mass is 279 g/mol. The fourth-order valence-electron chi connectivity index (χ4n) is 3.89. The lowest BCUT2D eigenvalue weighted by Crippen LogP contribution is -2.46. The number of fused-ring (bicyclic) bond motifs is 1. The SMILES string of the molecule is CCC(C)(C)C(=O)NC(=O)C1C2CC3OC(=O)C1C3C2. The molecule has 5 nitrogen and oxygen atoms in total. The Morgan fingerprint density at radius 1 is 1.35 bits per heavy atom. The summed E-state index contributed by atoms with van der Waals surface area (Å²) in [5.74, 6) is -1.10. The molecule has 2 bridgehead atoms. The fourth-order valence-corrected chi connectivity index (χ4v) is 3.89. The number of imide groups is 1. The summed E-state index contributed by atoms with van der Waals surface area (Å²) in [6, 6.07) is 0. The maximum Gasteiger partial charge on any atom is 0.310 e. The number of nitrogens with one attached hydrogen (secondary N) is 1. The molecule has 5 unspecified atom stereocenters. The second kappa shape index (κ2) is 4.30. The summed E-state index contributed by atoms with van der Waals surface area (Å²) in [6.07, 6.45) is 2.33. The van der Waals surface area contributed by atoms with Crippen LogP contribution >= 0.6 is 0 Å². The van der Waals surface area contributed by atoms with Crippen LogP contribution in [0.3, 0.4) is 0 Å². The number of hydrogen-bond acceptors (Lipinski definition) is 4. The topological polar surface area (TPSA) is 72.5 Å². The van der Waals surface area contributed by atoms with E-state index >= 15 is 0 Å². The van der Waals surface area contributed by atoms with E-state index in [-0.39, 0.29) is 47.6 Å². The van der Waals surface area contributed by atoms with Crippen LogP contribution in [-0.4, -0.2) is 23.9 Å². The van der Waals surface area contributed by atoms with Crippen LogP contribution in [0.15, 0.2) is 0 Å². The number of amides is 2. The molecule has 3 fully saturated rings. The molecule has 1 heterocycles. The quantitative estimate of drug-likeness (QED) is 0.789. The molecule has 3 aliphatic rings. The second-order valence-corrected chi connectivity index (χ2v) is 6.98. The van der Waals surface area contributed by atoms with E-state index in [1.807, 2.05) is 20.8 Å². The Balaban J connectivity index is 1.73. The summed E-state index contributed by atoms with van der Waals surface area (Å²) >= 11 is 0. The van der Waals surface area contributed by atoms with Crippen LogP contribution in [0, 0.1) is 29.1 Å². The first-order chi connectivity index (χ1) is 9.35. The van der Waals surface area contributed by atoms with Crippen molar-refractivity contribution in [3.05, 3.63) is 0 Å². The summed E-state index contributed by atoms with van der Waals surface area (Å²) < 4.78 is 5.31. The Labute approximate surface area is 118 Å². The highest BCUT2D eigenvalue weighted by atomic mass is 16.6. The van der Waals surface area contributed by atoms with Crippen molar-refractivity contribution in [2.24, 2.45) is 29.1 Å². The molecule has 1 saturated heterocycles. The molecule has 2 aliphatic carbocycles.